The van der Waals surface area contributed by atoms with Crippen LogP contribution in [0, 0.1) is 0 Å². The van der Waals surface area contributed by atoms with Crippen molar-refractivity contribution in [3.05, 3.63) is 36.0 Å². The average Bonchev–Trinajstić information content (AvgIpc) is 2.87. The lowest BCUT2D eigenvalue weighted by Gasteiger charge is -2.20. The molecular weight excluding hydrogens is 276 g/mol. The van der Waals surface area contributed by atoms with Crippen LogP contribution in [0.5, 0.6) is 0 Å². The molecule has 0 aliphatic carbocycles. The molecule has 0 spiro atoms. The third-order valence-corrected chi connectivity index (χ3v) is 2.99. The molecule has 0 unspecified atom stereocenters. The maximum absolute atomic E-state index is 11.8. The molecule has 0 fully saturated rings. The van der Waals surface area contributed by atoms with Gasteiger partial charge in [0.2, 0.25) is 0 Å². The molecular formula is C15H20O6. The maximum atomic E-state index is 11.8. The Bertz CT molecular complexity index is 475. The predicted molar refractivity (Wildman–Crippen MR) is 75.2 cm³/mol. The summed E-state index contributed by atoms with van der Waals surface area (Å²) in [4.78, 5) is 22.9. The molecule has 2 N–H and O–H groups in total. The van der Waals surface area contributed by atoms with E-state index in [4.69, 9.17) is 9.47 Å². The van der Waals surface area contributed by atoms with Crippen LogP contribution in [0.3, 0.4) is 0 Å². The largest absolute Gasteiger partial charge is 0.451 e. The van der Waals surface area contributed by atoms with Gasteiger partial charge in [0, 0.05) is 11.6 Å². The lowest BCUT2D eigenvalue weighted by Crippen LogP contribution is -2.30. The minimum atomic E-state index is -1.10. The minimum absolute atomic E-state index is 0.415. The van der Waals surface area contributed by atoms with Gasteiger partial charge in [0.1, 0.15) is 0 Å². The number of ether oxygens (including phenoxy) is 2. The Morgan fingerprint density at radius 2 is 2.10 bits per heavy atom. The second kappa shape index (κ2) is 7.75. The van der Waals surface area contributed by atoms with E-state index in [1.807, 2.05) is 0 Å². The van der Waals surface area contributed by atoms with Crippen LogP contribution in [0.25, 0.3) is 0 Å². The number of aliphatic hydroxyl groups excluding tert-OH is 2. The summed E-state index contributed by atoms with van der Waals surface area (Å²) in [6, 6.07) is 0. The van der Waals surface area contributed by atoms with Gasteiger partial charge >= 0.3 is 11.9 Å². The summed E-state index contributed by atoms with van der Waals surface area (Å²) in [7, 11) is 0. The van der Waals surface area contributed by atoms with Crippen LogP contribution in [0.4, 0.5) is 0 Å². The lowest BCUT2D eigenvalue weighted by molar-refractivity contribution is -0.153. The number of hydrogen-bond donors (Lipinski definition) is 2. The Balaban J connectivity index is 2.82. The number of carbonyl (C=O) groups is 2. The van der Waals surface area contributed by atoms with Crippen molar-refractivity contribution in [2.45, 2.75) is 45.2 Å². The monoisotopic (exact) mass is 296 g/mol. The molecule has 0 bridgehead atoms. The van der Waals surface area contributed by atoms with Crippen LogP contribution in [0.1, 0.15) is 20.8 Å². The molecule has 0 aromatic rings. The number of aliphatic hydroxyl groups is 2. The second-order valence-corrected chi connectivity index (χ2v) is 4.72. The van der Waals surface area contributed by atoms with Gasteiger partial charge in [-0.1, -0.05) is 12.2 Å². The van der Waals surface area contributed by atoms with Crippen LogP contribution < -0.4 is 0 Å². The highest BCUT2D eigenvalue weighted by Crippen LogP contribution is 2.16. The molecule has 1 aliphatic rings. The first kappa shape index (κ1) is 17.1. The third-order valence-electron chi connectivity index (χ3n) is 2.99. The van der Waals surface area contributed by atoms with Gasteiger partial charge in [0.15, 0.2) is 12.2 Å². The number of esters is 2. The first-order chi connectivity index (χ1) is 9.85. The molecule has 0 saturated carbocycles. The van der Waals surface area contributed by atoms with Gasteiger partial charge in [-0.3, -0.25) is 0 Å². The molecule has 116 valence electrons. The zero-order chi connectivity index (χ0) is 16.0. The lowest BCUT2D eigenvalue weighted by atomic mass is 10.1. The van der Waals surface area contributed by atoms with E-state index in [2.05, 4.69) is 0 Å². The van der Waals surface area contributed by atoms with E-state index >= 15 is 0 Å². The molecule has 0 aromatic heterocycles. The summed E-state index contributed by atoms with van der Waals surface area (Å²) < 4.78 is 10.2. The Morgan fingerprint density at radius 1 is 1.43 bits per heavy atom. The normalized spacial score (nSPS) is 23.0. The summed E-state index contributed by atoms with van der Waals surface area (Å²) >= 11 is 0. The molecule has 6 heteroatoms. The third kappa shape index (κ3) is 5.17. The predicted octanol–water partition coefficient (Wildman–Crippen LogP) is 0.644. The van der Waals surface area contributed by atoms with Gasteiger partial charge in [-0.05, 0) is 32.9 Å². The highest BCUT2D eigenvalue weighted by molar-refractivity contribution is 5.88. The molecule has 6 nitrogen and oxygen atoms in total. The van der Waals surface area contributed by atoms with Gasteiger partial charge in [0.05, 0.1) is 12.2 Å². The zero-order valence-electron chi connectivity index (χ0n) is 12.2. The van der Waals surface area contributed by atoms with Gasteiger partial charge in [-0.15, -0.1) is 0 Å². The van der Waals surface area contributed by atoms with Crippen molar-refractivity contribution in [1.82, 2.24) is 0 Å². The first-order valence-corrected chi connectivity index (χ1v) is 6.62. The Morgan fingerprint density at radius 3 is 2.57 bits per heavy atom. The Kier molecular flexibility index (Phi) is 6.33. The van der Waals surface area contributed by atoms with Gasteiger partial charge in [0.25, 0.3) is 0 Å². The van der Waals surface area contributed by atoms with E-state index in [0.717, 1.165) is 0 Å². The summed E-state index contributed by atoms with van der Waals surface area (Å²) in [5.74, 6) is -1.07. The summed E-state index contributed by atoms with van der Waals surface area (Å²) in [6.45, 7) is 4.73. The molecule has 21 heavy (non-hydrogen) atoms. The van der Waals surface area contributed by atoms with E-state index in [1.165, 1.54) is 31.2 Å². The highest BCUT2D eigenvalue weighted by Gasteiger charge is 2.28. The van der Waals surface area contributed by atoms with E-state index in [9.17, 15) is 19.8 Å². The van der Waals surface area contributed by atoms with E-state index in [1.54, 1.807) is 19.9 Å². The van der Waals surface area contributed by atoms with Crippen LogP contribution in [0.15, 0.2) is 36.0 Å². The zero-order valence-corrected chi connectivity index (χ0v) is 12.2. The van der Waals surface area contributed by atoms with Crippen molar-refractivity contribution < 1.29 is 29.3 Å². The van der Waals surface area contributed by atoms with Crippen molar-refractivity contribution in [3.8, 4) is 0 Å². The van der Waals surface area contributed by atoms with Crippen molar-refractivity contribution in [2.24, 2.45) is 0 Å². The highest BCUT2D eigenvalue weighted by atomic mass is 16.6. The summed E-state index contributed by atoms with van der Waals surface area (Å²) in [6.07, 6.45) is 3.33. The molecule has 0 saturated heterocycles. The van der Waals surface area contributed by atoms with E-state index < -0.39 is 36.4 Å². The van der Waals surface area contributed by atoms with Gasteiger partial charge in [-0.25, -0.2) is 9.59 Å². The van der Waals surface area contributed by atoms with Crippen molar-refractivity contribution in [3.63, 3.8) is 0 Å². The Labute approximate surface area is 123 Å². The number of rotatable bonds is 6. The maximum Gasteiger partial charge on any atom is 0.334 e. The molecule has 1 aliphatic heterocycles. The van der Waals surface area contributed by atoms with E-state index in [-0.39, 0.29) is 0 Å². The van der Waals surface area contributed by atoms with Crippen molar-refractivity contribution >= 4 is 11.9 Å². The van der Waals surface area contributed by atoms with Crippen molar-refractivity contribution in [2.75, 3.05) is 0 Å². The Hall–Kier alpha value is -1.92. The van der Waals surface area contributed by atoms with Crippen LogP contribution in [0.2, 0.25) is 0 Å². The SMILES string of the molecule is C/C=C(\C)C(=O)O[C@@H](/C=C/[C@H](O)[C@H](C)O)[C@H]1C=CC(=O)O1. The fourth-order valence-corrected chi connectivity index (χ4v) is 1.50. The first-order valence-electron chi connectivity index (χ1n) is 6.62. The molecule has 1 heterocycles. The van der Waals surface area contributed by atoms with Gasteiger partial charge < -0.3 is 19.7 Å². The van der Waals surface area contributed by atoms with Crippen LogP contribution >= 0.6 is 0 Å². The number of hydrogen-bond acceptors (Lipinski definition) is 6. The van der Waals surface area contributed by atoms with Crippen LogP contribution in [-0.4, -0.2) is 46.6 Å². The topological polar surface area (TPSA) is 93.1 Å². The second-order valence-electron chi connectivity index (χ2n) is 4.72. The summed E-state index contributed by atoms with van der Waals surface area (Å²) in [5.41, 5.74) is 0.415. The molecule has 0 radical (unpaired) electrons. The summed E-state index contributed by atoms with van der Waals surface area (Å²) in [5, 5.41) is 18.8. The van der Waals surface area contributed by atoms with E-state index in [0.29, 0.717) is 5.57 Å². The van der Waals surface area contributed by atoms with Crippen molar-refractivity contribution in [1.29, 1.82) is 0 Å². The fraction of sp³-hybridized carbons (Fsp3) is 0.467. The van der Waals surface area contributed by atoms with Crippen LogP contribution in [-0.2, 0) is 19.1 Å². The number of carbonyl (C=O) groups excluding carboxylic acids is 2. The number of cyclic esters (lactones) is 1. The quantitative estimate of drug-likeness (QED) is 0.424. The number of allylic oxidation sites excluding steroid dienone is 1. The smallest absolute Gasteiger partial charge is 0.334 e. The minimum Gasteiger partial charge on any atom is -0.451 e. The van der Waals surface area contributed by atoms with Gasteiger partial charge in [-0.2, -0.15) is 0 Å². The molecule has 0 aromatic carbocycles. The fourth-order valence-electron chi connectivity index (χ4n) is 1.50. The molecule has 1 rings (SSSR count). The standard InChI is InChI=1S/C15H20O6/c1-4-9(2)15(19)21-13(6-5-11(17)10(3)16)12-7-8-14(18)20-12/h4-8,10-13,16-17H,1-3H3/b6-5+,9-4+/t10-,11-,12+,13-/m0/s1. The molecule has 4 atom stereocenters. The molecule has 0 amide bonds. The average molecular weight is 296 g/mol.